The summed E-state index contributed by atoms with van der Waals surface area (Å²) in [6, 6.07) is 10.9. The fraction of sp³-hybridized carbons (Fsp3) is 0.444. The maximum Gasteiger partial charge on any atom is 0.166 e. The highest BCUT2D eigenvalue weighted by atomic mass is 35.5. The van der Waals surface area contributed by atoms with Crippen molar-refractivity contribution in [3.05, 3.63) is 64.6 Å². The minimum atomic E-state index is 0. The smallest absolute Gasteiger partial charge is 0.166 e. The molecule has 12 heteroatoms. The van der Waals surface area contributed by atoms with Gasteiger partial charge in [-0.15, -0.1) is 48.6 Å². The van der Waals surface area contributed by atoms with Crippen molar-refractivity contribution in [2.45, 2.75) is 55.8 Å². The number of thiol groups is 1. The van der Waals surface area contributed by atoms with Gasteiger partial charge in [-0.3, -0.25) is 9.88 Å². The summed E-state index contributed by atoms with van der Waals surface area (Å²) < 4.78 is 0. The monoisotopic (exact) mass is 646 g/mol. The predicted molar refractivity (Wildman–Crippen MR) is 177 cm³/mol. The van der Waals surface area contributed by atoms with Crippen LogP contribution in [0, 0.1) is 13.8 Å². The Morgan fingerprint density at radius 3 is 2.64 bits per heavy atom. The zero-order chi connectivity index (χ0) is 25.1. The lowest BCUT2D eigenvalue weighted by atomic mass is 10.0. The van der Waals surface area contributed by atoms with Crippen LogP contribution in [-0.2, 0) is 5.75 Å². The molecule has 4 heterocycles. The van der Waals surface area contributed by atoms with E-state index in [1.807, 2.05) is 29.9 Å². The standard InChI is InChI=1S/C27H34N6S3.3ClH/c1-4-20-15-33(26-19(3)29-17-36-26)14-13-32(20)12-10-25(34)21-9-11-28-24(18(21)2)16-35-27-30-22-7-5-6-8-23(22)31-27;;;/h5-9,11,17,20,25,34H,4,10,12-16H2,1-3H3,(H,30,31);3*1H. The molecule has 1 aromatic carbocycles. The molecule has 39 heavy (non-hydrogen) atoms. The highest BCUT2D eigenvalue weighted by Crippen LogP contribution is 2.32. The number of hydrogen-bond donors (Lipinski definition) is 2. The van der Waals surface area contributed by atoms with Crippen LogP contribution in [0.15, 0.2) is 47.2 Å². The number of piperazine rings is 1. The molecular weight excluding hydrogens is 611 g/mol. The zero-order valence-corrected chi connectivity index (χ0v) is 27.3. The Morgan fingerprint density at radius 2 is 1.92 bits per heavy atom. The van der Waals surface area contributed by atoms with Gasteiger partial charge < -0.3 is 9.88 Å². The van der Waals surface area contributed by atoms with Crippen LogP contribution in [0.25, 0.3) is 11.0 Å². The van der Waals surface area contributed by atoms with E-state index in [2.05, 4.69) is 57.7 Å². The summed E-state index contributed by atoms with van der Waals surface area (Å²) in [4.78, 5) is 22.4. The van der Waals surface area contributed by atoms with Crippen LogP contribution < -0.4 is 4.90 Å². The predicted octanol–water partition coefficient (Wildman–Crippen LogP) is 7.55. The van der Waals surface area contributed by atoms with E-state index in [0.717, 1.165) is 72.4 Å². The molecule has 6 nitrogen and oxygen atoms in total. The van der Waals surface area contributed by atoms with E-state index in [-0.39, 0.29) is 42.5 Å². The number of benzene rings is 1. The zero-order valence-electron chi connectivity index (χ0n) is 22.4. The number of nitrogens with zero attached hydrogens (tertiary/aromatic N) is 5. The third-order valence-corrected chi connectivity index (χ3v) is 9.60. The van der Waals surface area contributed by atoms with Crippen LogP contribution in [0.5, 0.6) is 0 Å². The van der Waals surface area contributed by atoms with E-state index in [4.69, 9.17) is 17.6 Å². The Labute approximate surface area is 263 Å². The quantitative estimate of drug-likeness (QED) is 0.145. The van der Waals surface area contributed by atoms with E-state index in [1.165, 1.54) is 16.1 Å². The lowest BCUT2D eigenvalue weighted by molar-refractivity contribution is 0.170. The van der Waals surface area contributed by atoms with Crippen LogP contribution in [0.2, 0.25) is 0 Å². The summed E-state index contributed by atoms with van der Waals surface area (Å²) in [7, 11) is 0. The number of thiazole rings is 1. The molecule has 0 aliphatic carbocycles. The largest absolute Gasteiger partial charge is 0.359 e. The lowest BCUT2D eigenvalue weighted by Gasteiger charge is -2.42. The number of fused-ring (bicyclic) bond motifs is 1. The van der Waals surface area contributed by atoms with Crippen molar-refractivity contribution in [3.63, 3.8) is 0 Å². The average molecular weight is 648 g/mol. The topological polar surface area (TPSA) is 60.9 Å². The Hall–Kier alpha value is -1.20. The van der Waals surface area contributed by atoms with Crippen LogP contribution in [-0.4, -0.2) is 57.1 Å². The molecule has 2 unspecified atom stereocenters. The third kappa shape index (κ3) is 7.97. The number of para-hydroxylation sites is 2. The lowest BCUT2D eigenvalue weighted by Crippen LogP contribution is -2.53. The van der Waals surface area contributed by atoms with E-state index >= 15 is 0 Å². The average Bonchev–Trinajstić information content (AvgIpc) is 3.52. The van der Waals surface area contributed by atoms with Crippen LogP contribution in [0.4, 0.5) is 5.00 Å². The van der Waals surface area contributed by atoms with Gasteiger partial charge in [-0.05, 0) is 62.6 Å². The van der Waals surface area contributed by atoms with Crippen molar-refractivity contribution < 1.29 is 0 Å². The van der Waals surface area contributed by atoms with Gasteiger partial charge in [0.2, 0.25) is 0 Å². The third-order valence-electron chi connectivity index (χ3n) is 7.20. The number of imidazole rings is 1. The van der Waals surface area contributed by atoms with Gasteiger partial charge in [0, 0.05) is 42.9 Å². The fourth-order valence-electron chi connectivity index (χ4n) is 5.04. The molecule has 0 bridgehead atoms. The number of aryl methyl sites for hydroxylation is 1. The molecule has 214 valence electrons. The molecule has 3 aromatic heterocycles. The Morgan fingerprint density at radius 1 is 1.13 bits per heavy atom. The van der Waals surface area contributed by atoms with Gasteiger partial charge in [-0.2, -0.15) is 12.6 Å². The van der Waals surface area contributed by atoms with Gasteiger partial charge in [-0.25, -0.2) is 9.97 Å². The molecular formula is C27H37Cl3N6S3. The van der Waals surface area contributed by atoms with Crippen LogP contribution in [0.3, 0.4) is 0 Å². The first-order valence-corrected chi connectivity index (χ1v) is 15.0. The number of H-pyrrole nitrogens is 1. The molecule has 0 spiro atoms. The first kappa shape index (κ1) is 34.0. The number of pyridine rings is 1. The van der Waals surface area contributed by atoms with Crippen LogP contribution >= 0.6 is 72.9 Å². The molecule has 2 atom stereocenters. The van der Waals surface area contributed by atoms with Gasteiger partial charge in [0.1, 0.15) is 5.00 Å². The fourth-order valence-corrected chi connectivity index (χ4v) is 7.19. The van der Waals surface area contributed by atoms with Gasteiger partial charge >= 0.3 is 0 Å². The van der Waals surface area contributed by atoms with Crippen molar-refractivity contribution in [1.82, 2.24) is 24.8 Å². The Kier molecular flexibility index (Phi) is 13.7. The SMILES string of the molecule is CCC1CN(c2scnc2C)CCN1CCC(S)c1ccnc(CSc2nc3ccccc3[nH]2)c1C.Cl.Cl.Cl. The van der Waals surface area contributed by atoms with Crippen molar-refractivity contribution >= 4 is 89.0 Å². The van der Waals surface area contributed by atoms with Crippen molar-refractivity contribution in [1.29, 1.82) is 0 Å². The minimum absolute atomic E-state index is 0. The molecule has 5 rings (SSSR count). The summed E-state index contributed by atoms with van der Waals surface area (Å²) in [5.74, 6) is 0.789. The second kappa shape index (κ2) is 15.7. The van der Waals surface area contributed by atoms with Crippen molar-refractivity contribution in [2.75, 3.05) is 31.1 Å². The Bertz CT molecular complexity index is 1280. The van der Waals surface area contributed by atoms with Gasteiger partial charge in [0.05, 0.1) is 27.9 Å². The molecule has 1 fully saturated rings. The first-order chi connectivity index (χ1) is 17.5. The van der Waals surface area contributed by atoms with Gasteiger partial charge in [0.25, 0.3) is 0 Å². The summed E-state index contributed by atoms with van der Waals surface area (Å²) in [5, 5.41) is 2.46. The summed E-state index contributed by atoms with van der Waals surface area (Å²) >= 11 is 8.51. The van der Waals surface area contributed by atoms with Gasteiger partial charge in [-0.1, -0.05) is 30.8 Å². The summed E-state index contributed by atoms with van der Waals surface area (Å²) in [5.41, 5.74) is 8.84. The number of aromatic nitrogens is 4. The molecule has 0 radical (unpaired) electrons. The number of nitrogens with one attached hydrogen (secondary N) is 1. The van der Waals surface area contributed by atoms with Crippen molar-refractivity contribution in [3.8, 4) is 0 Å². The van der Waals surface area contributed by atoms with E-state index in [9.17, 15) is 0 Å². The molecule has 4 aromatic rings. The molecule has 0 saturated carbocycles. The van der Waals surface area contributed by atoms with Gasteiger partial charge in [0.15, 0.2) is 5.16 Å². The highest BCUT2D eigenvalue weighted by molar-refractivity contribution is 7.98. The molecule has 1 N–H and O–H groups in total. The summed E-state index contributed by atoms with van der Waals surface area (Å²) in [6.45, 7) is 10.9. The maximum atomic E-state index is 5.05. The second-order valence-corrected chi connectivity index (χ2v) is 11.8. The van der Waals surface area contributed by atoms with E-state index in [0.29, 0.717) is 6.04 Å². The maximum absolute atomic E-state index is 5.05. The molecule has 1 aliphatic rings. The van der Waals surface area contributed by atoms with Crippen LogP contribution in [0.1, 0.15) is 47.5 Å². The first-order valence-electron chi connectivity index (χ1n) is 12.6. The van der Waals surface area contributed by atoms with E-state index < -0.39 is 0 Å². The number of aromatic amines is 1. The number of anilines is 1. The second-order valence-electron chi connectivity index (χ2n) is 9.41. The number of rotatable bonds is 9. The number of halogens is 3. The minimum Gasteiger partial charge on any atom is -0.359 e. The van der Waals surface area contributed by atoms with E-state index in [1.54, 1.807) is 23.1 Å². The number of thioether (sulfide) groups is 1. The Balaban J connectivity index is 0.00000178. The highest BCUT2D eigenvalue weighted by Gasteiger charge is 2.28. The molecule has 1 saturated heterocycles. The summed E-state index contributed by atoms with van der Waals surface area (Å²) in [6.07, 6.45) is 4.12. The number of hydrogen-bond acceptors (Lipinski definition) is 8. The van der Waals surface area contributed by atoms with Crippen molar-refractivity contribution in [2.24, 2.45) is 0 Å². The molecule has 1 aliphatic heterocycles. The molecule has 0 amide bonds. The normalized spacial score (nSPS) is 16.3.